The Labute approximate surface area is 244 Å². The summed E-state index contributed by atoms with van der Waals surface area (Å²) in [5.41, 5.74) is 5.80. The number of nitrogens with zero attached hydrogens (tertiary/aromatic N) is 4. The first-order valence-electron chi connectivity index (χ1n) is 14.1. The molecule has 42 heavy (non-hydrogen) atoms. The summed E-state index contributed by atoms with van der Waals surface area (Å²) in [6.07, 6.45) is 1.83. The summed E-state index contributed by atoms with van der Waals surface area (Å²) in [5.74, 6) is 1.90. The summed E-state index contributed by atoms with van der Waals surface area (Å²) in [7, 11) is 0. The molecule has 0 spiro atoms. The molecular weight excluding hydrogens is 516 g/mol. The van der Waals surface area contributed by atoms with Crippen LogP contribution in [0.1, 0.15) is 12.5 Å². The lowest BCUT2D eigenvalue weighted by atomic mass is 10.0. The first-order valence-corrected chi connectivity index (χ1v) is 14.1. The minimum atomic E-state index is 0.558. The van der Waals surface area contributed by atoms with Crippen molar-refractivity contribution in [1.29, 1.82) is 0 Å². The molecule has 0 radical (unpaired) electrons. The largest absolute Gasteiger partial charge is 0.377 e. The molecule has 0 aliphatic rings. The van der Waals surface area contributed by atoms with Gasteiger partial charge in [0.25, 0.3) is 0 Å². The lowest BCUT2D eigenvalue weighted by Gasteiger charge is -2.12. The highest BCUT2D eigenvalue weighted by molar-refractivity contribution is 5.97. The normalized spacial score (nSPS) is 11.3. The zero-order valence-electron chi connectivity index (χ0n) is 23.2. The number of fused-ring (bicyclic) bond motifs is 2. The maximum atomic E-state index is 5.62. The minimum absolute atomic E-state index is 0.558. The number of ether oxygens (including phenoxy) is 1. The van der Waals surface area contributed by atoms with E-state index in [0.717, 1.165) is 55.1 Å². The molecular formula is C37H28N4O. The molecule has 0 aliphatic carbocycles. The molecule has 5 nitrogen and oxygen atoms in total. The predicted molar refractivity (Wildman–Crippen MR) is 170 cm³/mol. The average molecular weight is 545 g/mol. The summed E-state index contributed by atoms with van der Waals surface area (Å²) in [6.45, 7) is 3.23. The Balaban J connectivity index is 1.41. The average Bonchev–Trinajstić information content (AvgIpc) is 3.07. The van der Waals surface area contributed by atoms with Gasteiger partial charge in [0.05, 0.1) is 12.3 Å². The van der Waals surface area contributed by atoms with E-state index in [1.165, 1.54) is 0 Å². The van der Waals surface area contributed by atoms with Crippen molar-refractivity contribution < 1.29 is 4.74 Å². The lowest BCUT2D eigenvalue weighted by Crippen LogP contribution is -2.01. The molecule has 2 aromatic heterocycles. The van der Waals surface area contributed by atoms with E-state index in [1.54, 1.807) is 0 Å². The highest BCUT2D eigenvalue weighted by atomic mass is 16.5. The highest BCUT2D eigenvalue weighted by Crippen LogP contribution is 2.33. The standard InChI is InChI=1S/C37H28N4O/c1-2-42-24-25-20-21-38-34(22-25)28-14-7-15-29(23-28)35-39-36(32-18-8-12-26-10-3-5-16-30(26)32)41-37(40-35)33-19-9-13-27-11-4-6-17-31(27)33/h3-23H,2,24H2,1H3. The van der Waals surface area contributed by atoms with Gasteiger partial charge >= 0.3 is 0 Å². The fourth-order valence-electron chi connectivity index (χ4n) is 5.35. The van der Waals surface area contributed by atoms with Crippen LogP contribution in [0.15, 0.2) is 128 Å². The van der Waals surface area contributed by atoms with Crippen molar-refractivity contribution in [3.05, 3.63) is 133 Å². The van der Waals surface area contributed by atoms with Crippen LogP contribution in [0.2, 0.25) is 0 Å². The SMILES string of the molecule is CCOCc1ccnc(-c2cccc(-c3nc(-c4cccc5ccccc45)nc(-c4cccc5ccccc45)n3)c2)c1. The van der Waals surface area contributed by atoms with E-state index >= 15 is 0 Å². The monoisotopic (exact) mass is 544 g/mol. The third-order valence-electron chi connectivity index (χ3n) is 7.41. The molecule has 7 aromatic rings. The van der Waals surface area contributed by atoms with Gasteiger partial charge in [-0.25, -0.2) is 15.0 Å². The molecule has 5 aromatic carbocycles. The van der Waals surface area contributed by atoms with Gasteiger partial charge in [-0.05, 0) is 52.2 Å². The van der Waals surface area contributed by atoms with Crippen molar-refractivity contribution in [1.82, 2.24) is 19.9 Å². The number of pyridine rings is 1. The van der Waals surface area contributed by atoms with Crippen molar-refractivity contribution in [2.24, 2.45) is 0 Å². The van der Waals surface area contributed by atoms with E-state index < -0.39 is 0 Å². The fourth-order valence-corrected chi connectivity index (χ4v) is 5.35. The topological polar surface area (TPSA) is 60.8 Å². The molecule has 0 amide bonds. The van der Waals surface area contributed by atoms with Gasteiger partial charge in [-0.3, -0.25) is 4.98 Å². The van der Waals surface area contributed by atoms with Gasteiger partial charge in [-0.1, -0.05) is 103 Å². The van der Waals surface area contributed by atoms with Gasteiger partial charge in [-0.15, -0.1) is 0 Å². The number of hydrogen-bond acceptors (Lipinski definition) is 5. The van der Waals surface area contributed by atoms with Gasteiger partial charge in [-0.2, -0.15) is 0 Å². The summed E-state index contributed by atoms with van der Waals surface area (Å²) >= 11 is 0. The molecule has 0 saturated heterocycles. The summed E-state index contributed by atoms with van der Waals surface area (Å²) < 4.78 is 5.62. The van der Waals surface area contributed by atoms with E-state index in [4.69, 9.17) is 19.7 Å². The van der Waals surface area contributed by atoms with E-state index in [0.29, 0.717) is 30.7 Å². The van der Waals surface area contributed by atoms with E-state index in [-0.39, 0.29) is 0 Å². The summed E-state index contributed by atoms with van der Waals surface area (Å²) in [5, 5.41) is 4.49. The molecule has 0 unspecified atom stereocenters. The Morgan fingerprint density at radius 3 is 1.79 bits per heavy atom. The predicted octanol–water partition coefficient (Wildman–Crippen LogP) is 8.78. The molecule has 202 valence electrons. The molecule has 7 rings (SSSR count). The maximum Gasteiger partial charge on any atom is 0.164 e. The van der Waals surface area contributed by atoms with Crippen molar-refractivity contribution in [3.63, 3.8) is 0 Å². The van der Waals surface area contributed by atoms with Crippen LogP contribution in [0.3, 0.4) is 0 Å². The second-order valence-corrected chi connectivity index (χ2v) is 10.1. The quantitative estimate of drug-likeness (QED) is 0.201. The number of rotatable bonds is 7. The Morgan fingerprint density at radius 2 is 1.12 bits per heavy atom. The fraction of sp³-hybridized carbons (Fsp3) is 0.0811. The number of aromatic nitrogens is 4. The second kappa shape index (κ2) is 11.3. The van der Waals surface area contributed by atoms with Crippen molar-refractivity contribution >= 4 is 21.5 Å². The Bertz CT molecular complexity index is 1940. The maximum absolute atomic E-state index is 5.62. The third kappa shape index (κ3) is 5.02. The molecule has 0 aliphatic heterocycles. The number of benzene rings is 5. The van der Waals surface area contributed by atoms with Crippen molar-refractivity contribution in [2.45, 2.75) is 13.5 Å². The van der Waals surface area contributed by atoms with E-state index in [1.807, 2.05) is 31.3 Å². The zero-order valence-corrected chi connectivity index (χ0v) is 23.2. The van der Waals surface area contributed by atoms with Crippen molar-refractivity contribution in [2.75, 3.05) is 6.61 Å². The van der Waals surface area contributed by atoms with Crippen LogP contribution < -0.4 is 0 Å². The van der Waals surface area contributed by atoms with Gasteiger partial charge in [0, 0.05) is 35.1 Å². The van der Waals surface area contributed by atoms with Gasteiger partial charge in [0.1, 0.15) is 0 Å². The third-order valence-corrected chi connectivity index (χ3v) is 7.41. The first kappa shape index (κ1) is 25.7. The Morgan fingerprint density at radius 1 is 0.548 bits per heavy atom. The van der Waals surface area contributed by atoms with Gasteiger partial charge in [0.15, 0.2) is 17.5 Å². The molecule has 0 bridgehead atoms. The molecule has 5 heteroatoms. The van der Waals surface area contributed by atoms with Crippen LogP contribution in [0, 0.1) is 0 Å². The molecule has 0 atom stereocenters. The first-order chi connectivity index (χ1) is 20.8. The summed E-state index contributed by atoms with van der Waals surface area (Å²) in [6, 6.07) is 41.5. The second-order valence-electron chi connectivity index (χ2n) is 10.1. The van der Waals surface area contributed by atoms with E-state index in [2.05, 4.69) is 108 Å². The lowest BCUT2D eigenvalue weighted by molar-refractivity contribution is 0.134. The Hall–Kier alpha value is -5.26. The van der Waals surface area contributed by atoms with Crippen LogP contribution in [0.4, 0.5) is 0 Å². The minimum Gasteiger partial charge on any atom is -0.377 e. The smallest absolute Gasteiger partial charge is 0.164 e. The Kier molecular flexibility index (Phi) is 6.92. The molecule has 2 heterocycles. The summed E-state index contributed by atoms with van der Waals surface area (Å²) in [4.78, 5) is 19.8. The van der Waals surface area contributed by atoms with Gasteiger partial charge in [0.2, 0.25) is 0 Å². The molecule has 0 N–H and O–H groups in total. The van der Waals surface area contributed by atoms with Crippen molar-refractivity contribution in [3.8, 4) is 45.4 Å². The highest BCUT2D eigenvalue weighted by Gasteiger charge is 2.16. The van der Waals surface area contributed by atoms with E-state index in [9.17, 15) is 0 Å². The van der Waals surface area contributed by atoms with Crippen LogP contribution in [-0.4, -0.2) is 26.5 Å². The van der Waals surface area contributed by atoms with Gasteiger partial charge < -0.3 is 4.74 Å². The van der Waals surface area contributed by atoms with Crippen LogP contribution in [0.25, 0.3) is 67.0 Å². The van der Waals surface area contributed by atoms with Crippen LogP contribution >= 0.6 is 0 Å². The van der Waals surface area contributed by atoms with Crippen LogP contribution in [0.5, 0.6) is 0 Å². The van der Waals surface area contributed by atoms with Crippen LogP contribution in [-0.2, 0) is 11.3 Å². The molecule has 0 fully saturated rings. The number of hydrogen-bond donors (Lipinski definition) is 0. The molecule has 0 saturated carbocycles. The zero-order chi connectivity index (χ0) is 28.3.